The molecule has 0 fully saturated rings. The van der Waals surface area contributed by atoms with Gasteiger partial charge in [-0.25, -0.2) is 0 Å². The van der Waals surface area contributed by atoms with Crippen LogP contribution in [0.4, 0.5) is 0 Å². The van der Waals surface area contributed by atoms with Crippen LogP contribution in [-0.2, 0) is 13.3 Å². The van der Waals surface area contributed by atoms with Crippen molar-refractivity contribution in [3.8, 4) is 0 Å². The molecule has 0 spiro atoms. The molecule has 0 amide bonds. The van der Waals surface area contributed by atoms with Gasteiger partial charge in [-0.15, -0.1) is 0 Å². The molecule has 3 N–H and O–H groups in total. The Morgan fingerprint density at radius 2 is 0.870 bits per heavy atom. The first kappa shape index (κ1) is 30.8. The Morgan fingerprint density at radius 1 is 0.565 bits per heavy atom. The minimum absolute atomic E-state index is 0.936. The molecule has 0 heterocycles. The molecule has 0 aromatic heterocycles. The smallest absolute Gasteiger partial charge is 0.400 e. The van der Waals surface area contributed by atoms with Gasteiger partial charge >= 0.3 is 8.80 Å². The highest BCUT2D eigenvalue weighted by atomic mass is 28.4. The zero-order valence-electron chi connectivity index (χ0n) is 16.4. The lowest BCUT2D eigenvalue weighted by molar-refractivity contribution is 0.122. The molecule has 146 valence electrons. The van der Waals surface area contributed by atoms with E-state index in [1.807, 2.05) is 0 Å². The van der Waals surface area contributed by atoms with Crippen molar-refractivity contribution in [2.75, 3.05) is 42.7 Å². The molecule has 0 aromatic rings. The van der Waals surface area contributed by atoms with E-state index in [0.717, 1.165) is 33.8 Å². The molecule has 0 aliphatic heterocycles. The maximum Gasteiger partial charge on any atom is 0.500 e. The van der Waals surface area contributed by atoms with Crippen molar-refractivity contribution in [3.05, 3.63) is 0 Å². The first-order chi connectivity index (χ1) is 11.2. The van der Waals surface area contributed by atoms with Crippen molar-refractivity contribution in [3.63, 3.8) is 0 Å². The molecule has 0 rings (SSSR count). The number of rotatable bonds is 12. The van der Waals surface area contributed by atoms with Crippen LogP contribution in [0.25, 0.3) is 0 Å². The Morgan fingerprint density at radius 3 is 1.17 bits per heavy atom. The third kappa shape index (κ3) is 22.0. The number of aliphatic hydroxyl groups is 3. The molecule has 0 aromatic carbocycles. The van der Waals surface area contributed by atoms with Crippen molar-refractivity contribution in [2.24, 2.45) is 0 Å². The van der Waals surface area contributed by atoms with Crippen LogP contribution >= 0.6 is 0 Å². The molecule has 0 unspecified atom stereocenters. The highest BCUT2D eigenvalue weighted by molar-refractivity contribution is 6.60. The molecular formula is C16H42O6Si. The summed E-state index contributed by atoms with van der Waals surface area (Å²) in [4.78, 5) is 0. The fourth-order valence-corrected chi connectivity index (χ4v) is 3.83. The third-order valence-corrected chi connectivity index (χ3v) is 6.10. The summed E-state index contributed by atoms with van der Waals surface area (Å²) in [7, 11) is 5.75. The lowest BCUT2D eigenvalue weighted by Crippen LogP contribution is -2.42. The Balaban J connectivity index is -0.000000267. The van der Waals surface area contributed by atoms with Gasteiger partial charge in [-0.1, -0.05) is 51.9 Å². The average molecular weight is 359 g/mol. The summed E-state index contributed by atoms with van der Waals surface area (Å²) in [5.41, 5.74) is 0. The molecule has 0 saturated carbocycles. The number of hydrogen-bond acceptors (Lipinski definition) is 6. The highest BCUT2D eigenvalue weighted by Crippen LogP contribution is 2.18. The Labute approximate surface area is 145 Å². The highest BCUT2D eigenvalue weighted by Gasteiger charge is 2.36. The summed E-state index contributed by atoms with van der Waals surface area (Å²) in [5.74, 6) is 0. The molecule has 0 aliphatic carbocycles. The van der Waals surface area contributed by atoms with Crippen LogP contribution in [0.5, 0.6) is 0 Å². The van der Waals surface area contributed by atoms with Gasteiger partial charge < -0.3 is 28.6 Å². The van der Waals surface area contributed by atoms with Gasteiger partial charge in [0.1, 0.15) is 0 Å². The molecule has 7 heteroatoms. The van der Waals surface area contributed by atoms with Crippen molar-refractivity contribution in [2.45, 2.75) is 64.3 Å². The van der Waals surface area contributed by atoms with E-state index in [1.54, 1.807) is 21.3 Å². The normalized spacial score (nSPS) is 9.65. The zero-order valence-corrected chi connectivity index (χ0v) is 17.4. The predicted octanol–water partition coefficient (Wildman–Crippen LogP) is 2.83. The number of unbranched alkanes of at least 4 members (excludes halogenated alkanes) is 7. The maximum atomic E-state index is 7.00. The fraction of sp³-hybridized carbons (Fsp3) is 1.00. The second kappa shape index (κ2) is 29.9. The average Bonchev–Trinajstić information content (AvgIpc) is 2.66. The first-order valence-electron chi connectivity index (χ1n) is 8.24. The van der Waals surface area contributed by atoms with Gasteiger partial charge in [-0.05, 0) is 6.42 Å². The first-order valence-corrected chi connectivity index (χ1v) is 10.2. The van der Waals surface area contributed by atoms with Crippen molar-refractivity contribution in [1.29, 1.82) is 0 Å². The maximum absolute atomic E-state index is 7.00. The van der Waals surface area contributed by atoms with E-state index in [4.69, 9.17) is 28.6 Å². The van der Waals surface area contributed by atoms with Crippen molar-refractivity contribution < 1.29 is 28.6 Å². The number of aliphatic hydroxyl groups excluding tert-OH is 3. The lowest BCUT2D eigenvalue weighted by Gasteiger charge is -2.24. The second-order valence-corrected chi connectivity index (χ2v) is 7.61. The monoisotopic (exact) mass is 358 g/mol. The summed E-state index contributed by atoms with van der Waals surface area (Å²) in [5, 5.41) is 21.0. The molecule has 0 radical (unpaired) electrons. The van der Waals surface area contributed by atoms with Crippen LogP contribution in [0, 0.1) is 0 Å². The Kier molecular flexibility index (Phi) is 40.1. The topological polar surface area (TPSA) is 88.4 Å². The largest absolute Gasteiger partial charge is 0.500 e. The predicted molar refractivity (Wildman–Crippen MR) is 98.6 cm³/mol. The van der Waals surface area contributed by atoms with E-state index in [2.05, 4.69) is 6.92 Å². The SMILES string of the molecule is CCCCCCCCCC[Si](OC)(OC)OC.CO.CO.CO. The van der Waals surface area contributed by atoms with Gasteiger partial charge in [0.05, 0.1) is 0 Å². The van der Waals surface area contributed by atoms with E-state index < -0.39 is 8.80 Å². The summed E-state index contributed by atoms with van der Waals surface area (Å²) in [6.07, 6.45) is 10.6. The van der Waals surface area contributed by atoms with Crippen LogP contribution in [0.2, 0.25) is 6.04 Å². The Bertz CT molecular complexity index is 160. The van der Waals surface area contributed by atoms with Crippen LogP contribution in [0.1, 0.15) is 58.3 Å². The van der Waals surface area contributed by atoms with Gasteiger partial charge in [-0.3, -0.25) is 0 Å². The van der Waals surface area contributed by atoms with Crippen LogP contribution < -0.4 is 0 Å². The van der Waals surface area contributed by atoms with E-state index in [-0.39, 0.29) is 0 Å². The molecule has 0 aliphatic rings. The van der Waals surface area contributed by atoms with Crippen molar-refractivity contribution in [1.82, 2.24) is 0 Å². The molecule has 0 bridgehead atoms. The van der Waals surface area contributed by atoms with Gasteiger partial charge in [0.15, 0.2) is 0 Å². The summed E-state index contributed by atoms with van der Waals surface area (Å²) in [6, 6.07) is 0.936. The molecular weight excluding hydrogens is 316 g/mol. The van der Waals surface area contributed by atoms with Crippen molar-refractivity contribution >= 4 is 8.80 Å². The van der Waals surface area contributed by atoms with Crippen LogP contribution in [0.3, 0.4) is 0 Å². The molecule has 0 atom stereocenters. The van der Waals surface area contributed by atoms with Gasteiger partial charge in [0.25, 0.3) is 0 Å². The number of hydrogen-bond donors (Lipinski definition) is 3. The van der Waals surface area contributed by atoms with E-state index in [1.165, 1.54) is 44.9 Å². The van der Waals surface area contributed by atoms with Gasteiger partial charge in [0, 0.05) is 48.7 Å². The second-order valence-electron chi connectivity index (χ2n) is 4.52. The molecule has 0 saturated heterocycles. The zero-order chi connectivity index (χ0) is 19.0. The van der Waals surface area contributed by atoms with Crippen LogP contribution in [-0.4, -0.2) is 66.8 Å². The van der Waals surface area contributed by atoms with E-state index >= 15 is 0 Å². The fourth-order valence-electron chi connectivity index (χ4n) is 2.03. The Hall–Kier alpha value is -0.0231. The molecule has 23 heavy (non-hydrogen) atoms. The van der Waals surface area contributed by atoms with E-state index in [0.29, 0.717) is 0 Å². The minimum atomic E-state index is -2.30. The van der Waals surface area contributed by atoms with Gasteiger partial charge in [-0.2, -0.15) is 0 Å². The quantitative estimate of drug-likeness (QED) is 0.367. The lowest BCUT2D eigenvalue weighted by atomic mass is 10.1. The van der Waals surface area contributed by atoms with E-state index in [9.17, 15) is 0 Å². The summed E-state index contributed by atoms with van der Waals surface area (Å²) in [6.45, 7) is 2.25. The summed E-state index contributed by atoms with van der Waals surface area (Å²) >= 11 is 0. The van der Waals surface area contributed by atoms with Gasteiger partial charge in [0.2, 0.25) is 0 Å². The molecule has 6 nitrogen and oxygen atoms in total. The minimum Gasteiger partial charge on any atom is -0.400 e. The summed E-state index contributed by atoms with van der Waals surface area (Å²) < 4.78 is 16.2. The van der Waals surface area contributed by atoms with Crippen LogP contribution in [0.15, 0.2) is 0 Å². The standard InChI is InChI=1S/C13H30O3Si.3CH4O/c1-5-6-7-8-9-10-11-12-13-17(14-2,15-3)16-4;3*1-2/h5-13H2,1-4H3;3*2H,1H3. The third-order valence-electron chi connectivity index (χ3n) is 3.27.